The molecule has 10 nitrogen and oxygen atoms in total. The Balaban J connectivity index is 1.42. The molecule has 2 N–H and O–H groups in total. The van der Waals surface area contributed by atoms with E-state index >= 15 is 0 Å². The van der Waals surface area contributed by atoms with Gasteiger partial charge >= 0.3 is 6.18 Å². The summed E-state index contributed by atoms with van der Waals surface area (Å²) in [5.41, 5.74) is 2.72. The molecule has 0 radical (unpaired) electrons. The summed E-state index contributed by atoms with van der Waals surface area (Å²) in [6.45, 7) is 4.40. The molecule has 1 saturated heterocycles. The number of halogens is 3. The van der Waals surface area contributed by atoms with Gasteiger partial charge in [0.25, 0.3) is 5.91 Å². The van der Waals surface area contributed by atoms with Crippen LogP contribution in [-0.4, -0.2) is 53.9 Å². The standard InChI is InChI=1S/C26H33F3N8O2/c1-3-36-23(32-14-33-36)25(39)31-13-20-22(16-6-4-15(2)5-7-16)37-21(34-20)9-8-19(35-37)11-17-10-18(26(27,28)29)12-30-24(17)38/h8-9,14-18H,3-7,10-13H2,1-2H3,(H,30,38)(H,31,39)/t15?,16?,17-,18-/m1/s1. The van der Waals surface area contributed by atoms with Crippen LogP contribution in [0, 0.1) is 17.8 Å². The van der Waals surface area contributed by atoms with Crippen molar-refractivity contribution < 1.29 is 22.8 Å². The van der Waals surface area contributed by atoms with Gasteiger partial charge in [-0.05, 0) is 44.2 Å². The fourth-order valence-corrected chi connectivity index (χ4v) is 5.71. The van der Waals surface area contributed by atoms with Crippen molar-refractivity contribution in [2.24, 2.45) is 17.8 Å². The third-order valence-corrected chi connectivity index (χ3v) is 7.96. The zero-order valence-corrected chi connectivity index (χ0v) is 22.0. The Morgan fingerprint density at radius 1 is 1.21 bits per heavy atom. The number of amides is 2. The van der Waals surface area contributed by atoms with Gasteiger partial charge in [-0.2, -0.15) is 23.4 Å². The number of rotatable bonds is 7. The summed E-state index contributed by atoms with van der Waals surface area (Å²) in [5.74, 6) is -2.09. The molecular weight excluding hydrogens is 513 g/mol. The average molecular weight is 547 g/mol. The highest BCUT2D eigenvalue weighted by Crippen LogP contribution is 2.38. The minimum atomic E-state index is -4.36. The van der Waals surface area contributed by atoms with Crippen molar-refractivity contribution in [1.29, 1.82) is 0 Å². The Bertz CT molecular complexity index is 1340. The Morgan fingerprint density at radius 3 is 2.69 bits per heavy atom. The van der Waals surface area contributed by atoms with Crippen molar-refractivity contribution in [2.75, 3.05) is 6.54 Å². The number of aromatic nitrogens is 6. The first-order chi connectivity index (χ1) is 18.6. The molecule has 4 heterocycles. The van der Waals surface area contributed by atoms with Gasteiger partial charge < -0.3 is 10.6 Å². The molecule has 3 aromatic heterocycles. The number of aryl methyl sites for hydroxylation is 1. The zero-order valence-electron chi connectivity index (χ0n) is 22.0. The van der Waals surface area contributed by atoms with Crippen LogP contribution in [0.4, 0.5) is 13.2 Å². The first kappa shape index (κ1) is 27.1. The summed E-state index contributed by atoms with van der Waals surface area (Å²) in [4.78, 5) is 34.0. The lowest BCUT2D eigenvalue weighted by Gasteiger charge is -2.30. The van der Waals surface area contributed by atoms with Crippen molar-refractivity contribution in [2.45, 2.75) is 77.6 Å². The van der Waals surface area contributed by atoms with Gasteiger partial charge in [0.15, 0.2) is 5.65 Å². The van der Waals surface area contributed by atoms with Crippen LogP contribution in [0.2, 0.25) is 0 Å². The van der Waals surface area contributed by atoms with E-state index in [1.807, 2.05) is 6.92 Å². The lowest BCUT2D eigenvalue weighted by molar-refractivity contribution is -0.183. The second-order valence-corrected chi connectivity index (χ2v) is 10.7. The lowest BCUT2D eigenvalue weighted by atomic mass is 9.81. The minimum absolute atomic E-state index is 0.104. The van der Waals surface area contributed by atoms with Gasteiger partial charge in [0, 0.05) is 31.3 Å². The molecule has 0 unspecified atom stereocenters. The van der Waals surface area contributed by atoms with Crippen LogP contribution < -0.4 is 10.6 Å². The number of alkyl halides is 3. The largest absolute Gasteiger partial charge is 0.393 e. The molecule has 0 aromatic carbocycles. The van der Waals surface area contributed by atoms with Gasteiger partial charge in [-0.1, -0.05) is 19.8 Å². The molecule has 5 rings (SSSR count). The molecule has 1 aliphatic carbocycles. The van der Waals surface area contributed by atoms with Gasteiger partial charge in [0.1, 0.15) is 6.33 Å². The summed E-state index contributed by atoms with van der Waals surface area (Å²) in [6.07, 6.45) is 0.844. The highest BCUT2D eigenvalue weighted by atomic mass is 19.4. The Morgan fingerprint density at radius 2 is 1.97 bits per heavy atom. The summed E-state index contributed by atoms with van der Waals surface area (Å²) >= 11 is 0. The molecule has 2 amide bonds. The molecule has 0 spiro atoms. The molecule has 210 valence electrons. The Kier molecular flexibility index (Phi) is 7.59. The van der Waals surface area contributed by atoms with Crippen LogP contribution in [0.1, 0.15) is 79.6 Å². The smallest absolute Gasteiger partial charge is 0.355 e. The molecule has 2 atom stereocenters. The SMILES string of the molecule is CCn1ncnc1C(=O)NCc1nc2ccc(C[C@H]3C[C@@H](C(F)(F)F)CNC3=O)nn2c1C1CCC(C)CC1. The van der Waals surface area contributed by atoms with Gasteiger partial charge in [0.05, 0.1) is 29.5 Å². The van der Waals surface area contributed by atoms with Crippen molar-refractivity contribution >= 4 is 17.5 Å². The second-order valence-electron chi connectivity index (χ2n) is 10.7. The number of hydrogen-bond donors (Lipinski definition) is 2. The fourth-order valence-electron chi connectivity index (χ4n) is 5.71. The summed E-state index contributed by atoms with van der Waals surface area (Å²) in [5, 5.41) is 14.1. The normalized spacial score (nSPS) is 24.1. The van der Waals surface area contributed by atoms with E-state index in [2.05, 4.69) is 27.6 Å². The predicted octanol–water partition coefficient (Wildman–Crippen LogP) is 3.42. The highest BCUT2D eigenvalue weighted by molar-refractivity contribution is 5.90. The quantitative estimate of drug-likeness (QED) is 0.469. The number of carbonyl (C=O) groups excluding carboxylic acids is 2. The fraction of sp³-hybridized carbons (Fsp3) is 0.615. The first-order valence-corrected chi connectivity index (χ1v) is 13.5. The number of carbonyl (C=O) groups is 2. The van der Waals surface area contributed by atoms with E-state index in [9.17, 15) is 22.8 Å². The van der Waals surface area contributed by atoms with Crippen LogP contribution in [0.3, 0.4) is 0 Å². The molecule has 0 bridgehead atoms. The van der Waals surface area contributed by atoms with E-state index in [0.29, 0.717) is 29.5 Å². The Hall–Kier alpha value is -3.51. The van der Waals surface area contributed by atoms with Gasteiger partial charge in [0.2, 0.25) is 11.7 Å². The van der Waals surface area contributed by atoms with Gasteiger partial charge in [-0.3, -0.25) is 9.59 Å². The van der Waals surface area contributed by atoms with Crippen molar-refractivity contribution in [3.05, 3.63) is 41.4 Å². The molecule has 2 fully saturated rings. The number of imidazole rings is 1. The number of nitrogens with zero attached hydrogens (tertiary/aromatic N) is 6. The Labute approximate surface area is 223 Å². The molecule has 1 aliphatic heterocycles. The van der Waals surface area contributed by atoms with E-state index in [1.54, 1.807) is 16.6 Å². The van der Waals surface area contributed by atoms with Crippen LogP contribution in [0.5, 0.6) is 0 Å². The lowest BCUT2D eigenvalue weighted by Crippen LogP contribution is -2.47. The number of hydrogen-bond acceptors (Lipinski definition) is 6. The highest BCUT2D eigenvalue weighted by Gasteiger charge is 2.44. The molecule has 2 aliphatic rings. The third kappa shape index (κ3) is 5.76. The van der Waals surface area contributed by atoms with Gasteiger partial charge in [-0.15, -0.1) is 0 Å². The predicted molar refractivity (Wildman–Crippen MR) is 135 cm³/mol. The number of piperidine rings is 1. The van der Waals surface area contributed by atoms with Crippen molar-refractivity contribution in [3.8, 4) is 0 Å². The number of fused-ring (bicyclic) bond motifs is 1. The second kappa shape index (κ2) is 10.9. The molecule has 3 aromatic rings. The van der Waals surface area contributed by atoms with E-state index in [4.69, 9.17) is 10.1 Å². The molecule has 39 heavy (non-hydrogen) atoms. The maximum Gasteiger partial charge on any atom is 0.393 e. The zero-order chi connectivity index (χ0) is 27.7. The summed E-state index contributed by atoms with van der Waals surface area (Å²) in [6, 6.07) is 3.49. The number of nitrogens with one attached hydrogen (secondary N) is 2. The topological polar surface area (TPSA) is 119 Å². The average Bonchev–Trinajstić information content (AvgIpc) is 3.53. The van der Waals surface area contributed by atoms with E-state index in [-0.39, 0.29) is 49.5 Å². The third-order valence-electron chi connectivity index (χ3n) is 7.96. The first-order valence-electron chi connectivity index (χ1n) is 13.5. The van der Waals surface area contributed by atoms with E-state index < -0.39 is 18.0 Å². The van der Waals surface area contributed by atoms with Crippen LogP contribution in [0.25, 0.3) is 5.65 Å². The van der Waals surface area contributed by atoms with Crippen LogP contribution >= 0.6 is 0 Å². The molecule has 1 saturated carbocycles. The molecular formula is C26H33F3N8O2. The summed E-state index contributed by atoms with van der Waals surface area (Å²) in [7, 11) is 0. The van der Waals surface area contributed by atoms with Gasteiger partial charge in [-0.25, -0.2) is 19.2 Å². The van der Waals surface area contributed by atoms with Crippen LogP contribution in [0.15, 0.2) is 18.5 Å². The minimum Gasteiger partial charge on any atom is -0.355 e. The maximum absolute atomic E-state index is 13.3. The monoisotopic (exact) mass is 546 g/mol. The molecule has 13 heteroatoms. The van der Waals surface area contributed by atoms with E-state index in [0.717, 1.165) is 31.4 Å². The van der Waals surface area contributed by atoms with E-state index in [1.165, 1.54) is 11.0 Å². The maximum atomic E-state index is 13.3. The summed E-state index contributed by atoms with van der Waals surface area (Å²) < 4.78 is 43.2. The van der Waals surface area contributed by atoms with Crippen molar-refractivity contribution in [3.63, 3.8) is 0 Å². The van der Waals surface area contributed by atoms with Crippen LogP contribution in [-0.2, 0) is 24.3 Å². The van der Waals surface area contributed by atoms with Crippen molar-refractivity contribution in [1.82, 2.24) is 40.0 Å².